The number of ether oxygens (including phenoxy) is 3. The van der Waals surface area contributed by atoms with Gasteiger partial charge in [0.1, 0.15) is 25.9 Å². The van der Waals surface area contributed by atoms with E-state index in [-0.39, 0.29) is 36.1 Å². The summed E-state index contributed by atoms with van der Waals surface area (Å²) < 4.78 is 16.2. The molecule has 0 saturated heterocycles. The minimum atomic E-state index is -2.09. The smallest absolute Gasteiger partial charge is 0.336 e. The molecule has 0 amide bonds. The quantitative estimate of drug-likeness (QED) is 0.120. The van der Waals surface area contributed by atoms with Crippen LogP contribution in [0.3, 0.4) is 0 Å². The minimum Gasteiger partial charge on any atom is -0.504 e. The van der Waals surface area contributed by atoms with Gasteiger partial charge in [0.2, 0.25) is 0 Å². The summed E-state index contributed by atoms with van der Waals surface area (Å²) in [6, 6.07) is 8.37. The van der Waals surface area contributed by atoms with E-state index in [0.29, 0.717) is 11.1 Å². The lowest BCUT2D eigenvalue weighted by atomic mass is 9.79. The summed E-state index contributed by atoms with van der Waals surface area (Å²) in [6.07, 6.45) is -0.411. The first-order chi connectivity index (χ1) is 19.9. The van der Waals surface area contributed by atoms with Crippen LogP contribution in [0.25, 0.3) is 12.2 Å². The molecule has 13 heteroatoms. The van der Waals surface area contributed by atoms with Gasteiger partial charge in [0.15, 0.2) is 40.2 Å². The Labute approximate surface area is 240 Å². The lowest BCUT2D eigenvalue weighted by Gasteiger charge is -2.42. The van der Waals surface area contributed by atoms with Crippen molar-refractivity contribution in [3.8, 4) is 23.0 Å². The van der Waals surface area contributed by atoms with Crippen LogP contribution in [0.1, 0.15) is 24.0 Å². The normalized spacial score (nSPS) is 22.4. The Bertz CT molecular complexity index is 1340. The van der Waals surface area contributed by atoms with Crippen LogP contribution in [0.2, 0.25) is 0 Å². The van der Waals surface area contributed by atoms with Gasteiger partial charge in [0.05, 0.1) is 12.2 Å². The molecule has 0 bridgehead atoms. The highest BCUT2D eigenvalue weighted by atomic mass is 16.5. The van der Waals surface area contributed by atoms with Gasteiger partial charge in [-0.3, -0.25) is 9.59 Å². The van der Waals surface area contributed by atoms with Gasteiger partial charge in [0, 0.05) is 19.4 Å². The zero-order valence-corrected chi connectivity index (χ0v) is 22.5. The molecule has 1 saturated carbocycles. The van der Waals surface area contributed by atoms with Gasteiger partial charge in [0.25, 0.3) is 0 Å². The highest BCUT2D eigenvalue weighted by molar-refractivity contribution is 5.95. The molecule has 0 spiro atoms. The first-order valence-corrected chi connectivity index (χ1v) is 12.9. The molecular formula is C29H33NO12. The fourth-order valence-electron chi connectivity index (χ4n) is 4.19. The first-order valence-electron chi connectivity index (χ1n) is 12.9. The van der Waals surface area contributed by atoms with E-state index in [9.17, 15) is 45.0 Å². The van der Waals surface area contributed by atoms with Crippen molar-refractivity contribution in [3.63, 3.8) is 0 Å². The molecule has 1 fully saturated rings. The highest BCUT2D eigenvalue weighted by Crippen LogP contribution is 2.35. The monoisotopic (exact) mass is 587 g/mol. The third-order valence-electron chi connectivity index (χ3n) is 6.45. The molecule has 1 aliphatic carbocycles. The molecule has 0 unspecified atom stereocenters. The van der Waals surface area contributed by atoms with Crippen LogP contribution < -0.4 is 10.5 Å². The molecule has 42 heavy (non-hydrogen) atoms. The predicted octanol–water partition coefficient (Wildman–Crippen LogP) is 0.747. The van der Waals surface area contributed by atoms with Gasteiger partial charge in [-0.25, -0.2) is 4.79 Å². The number of nitrogens with two attached hydrogens (primary N) is 1. The Morgan fingerprint density at radius 2 is 1.50 bits per heavy atom. The van der Waals surface area contributed by atoms with Crippen molar-refractivity contribution in [2.24, 2.45) is 5.73 Å². The van der Waals surface area contributed by atoms with E-state index in [4.69, 9.17) is 19.9 Å². The van der Waals surface area contributed by atoms with E-state index in [0.717, 1.165) is 12.2 Å². The van der Waals surface area contributed by atoms with Crippen molar-refractivity contribution >= 4 is 29.7 Å². The second-order valence-electron chi connectivity index (χ2n) is 9.62. The molecule has 0 aliphatic heterocycles. The van der Waals surface area contributed by atoms with Gasteiger partial charge in [-0.15, -0.1) is 0 Å². The molecular weight excluding hydrogens is 554 g/mol. The molecule has 2 aromatic carbocycles. The maximum Gasteiger partial charge on any atom is 0.336 e. The van der Waals surface area contributed by atoms with Gasteiger partial charge < -0.3 is 50.6 Å². The number of carbonyl (C=O) groups excluding carboxylic acids is 2. The van der Waals surface area contributed by atoms with Crippen LogP contribution in [0, 0.1) is 0 Å². The lowest BCUT2D eigenvalue weighted by Crippen LogP contribution is -2.58. The summed E-state index contributed by atoms with van der Waals surface area (Å²) in [5.74, 6) is -3.31. The van der Waals surface area contributed by atoms with Crippen LogP contribution in [0.5, 0.6) is 23.0 Å². The topological polar surface area (TPSA) is 226 Å². The maximum atomic E-state index is 12.5. The summed E-state index contributed by atoms with van der Waals surface area (Å²) in [5.41, 5.74) is 4.15. The number of hydrogen-bond donors (Lipinski definition) is 7. The number of aromatic hydroxyl groups is 3. The molecule has 226 valence electrons. The number of rotatable bonds is 14. The van der Waals surface area contributed by atoms with Crippen molar-refractivity contribution in [3.05, 3.63) is 59.7 Å². The van der Waals surface area contributed by atoms with Crippen LogP contribution in [0.4, 0.5) is 0 Å². The Morgan fingerprint density at radius 1 is 0.881 bits per heavy atom. The van der Waals surface area contributed by atoms with Crippen molar-refractivity contribution in [2.75, 3.05) is 26.4 Å². The number of hydrogen-bond acceptors (Lipinski definition) is 12. The molecule has 2 aromatic rings. The Kier molecular flexibility index (Phi) is 11.2. The van der Waals surface area contributed by atoms with Crippen molar-refractivity contribution in [2.45, 2.75) is 36.8 Å². The minimum absolute atomic E-state index is 0.159. The van der Waals surface area contributed by atoms with E-state index < -0.39 is 67.5 Å². The standard InChI is InChI=1S/C29H33NO12/c30-9-10-40-25-8-4-18(12-23(25)35)2-6-20(32)16-42-29(28(38)39)13-24(36)27(37)26(14-29)41-15-19(31)5-1-17-3-7-21(33)22(34)11-17/h1-8,11-12,24,26-27,33-37H,9-10,13-16,30H2,(H,38,39)/b5-1+,6-2+/t24-,26-,27-,29+/m1/s1. The second kappa shape index (κ2) is 14.6. The average Bonchev–Trinajstić information content (AvgIpc) is 2.95. The van der Waals surface area contributed by atoms with Crippen LogP contribution in [0.15, 0.2) is 48.6 Å². The SMILES string of the molecule is NCCOc1ccc(/C=C/C(=O)CO[C@@]2(C(=O)O)C[C@@H](O)[C@@H](O)[C@H](OCC(=O)/C=C/c3ccc(O)c(O)c3)C2)cc1O. The van der Waals surface area contributed by atoms with Crippen LogP contribution in [-0.2, 0) is 23.9 Å². The number of phenolic OH excluding ortho intramolecular Hbond substituents is 3. The van der Waals surface area contributed by atoms with E-state index in [1.165, 1.54) is 42.5 Å². The molecule has 3 rings (SSSR count). The van der Waals surface area contributed by atoms with Gasteiger partial charge in [-0.1, -0.05) is 24.3 Å². The molecule has 1 aliphatic rings. The summed E-state index contributed by atoms with van der Waals surface area (Å²) in [7, 11) is 0. The van der Waals surface area contributed by atoms with Crippen molar-refractivity contribution in [1.29, 1.82) is 0 Å². The van der Waals surface area contributed by atoms with E-state index in [2.05, 4.69) is 0 Å². The second-order valence-corrected chi connectivity index (χ2v) is 9.62. The van der Waals surface area contributed by atoms with E-state index >= 15 is 0 Å². The summed E-state index contributed by atoms with van der Waals surface area (Å²) >= 11 is 0. The third-order valence-corrected chi connectivity index (χ3v) is 6.45. The number of carboxylic acid groups (broad SMARTS) is 1. The highest BCUT2D eigenvalue weighted by Gasteiger charge is 2.52. The Hall–Kier alpha value is -4.27. The zero-order valence-electron chi connectivity index (χ0n) is 22.5. The predicted molar refractivity (Wildman–Crippen MR) is 148 cm³/mol. The number of aliphatic carboxylic acids is 1. The number of aliphatic hydroxyl groups excluding tert-OH is 2. The average molecular weight is 588 g/mol. The Balaban J connectivity index is 1.60. The fourth-order valence-corrected chi connectivity index (χ4v) is 4.19. The summed E-state index contributed by atoms with van der Waals surface area (Å²) in [6.45, 7) is -0.777. The van der Waals surface area contributed by atoms with Gasteiger partial charge >= 0.3 is 5.97 Å². The Morgan fingerprint density at radius 3 is 2.10 bits per heavy atom. The number of benzene rings is 2. The van der Waals surface area contributed by atoms with E-state index in [1.54, 1.807) is 6.07 Å². The number of carbonyl (C=O) groups is 3. The summed E-state index contributed by atoms with van der Waals surface area (Å²) in [5, 5.41) is 59.6. The molecule has 4 atom stereocenters. The summed E-state index contributed by atoms with van der Waals surface area (Å²) in [4.78, 5) is 36.9. The fraction of sp³-hybridized carbons (Fsp3) is 0.345. The number of phenols is 3. The number of carboxylic acids is 1. The first kappa shape index (κ1) is 32.2. The molecule has 0 aromatic heterocycles. The third kappa shape index (κ3) is 8.61. The zero-order chi connectivity index (χ0) is 30.9. The van der Waals surface area contributed by atoms with E-state index in [1.807, 2.05) is 0 Å². The maximum absolute atomic E-state index is 12.5. The van der Waals surface area contributed by atoms with Gasteiger partial charge in [-0.05, 0) is 47.5 Å². The molecule has 0 radical (unpaired) electrons. The number of aliphatic hydroxyl groups is 2. The molecule has 13 nitrogen and oxygen atoms in total. The van der Waals surface area contributed by atoms with Crippen LogP contribution in [-0.4, -0.2) is 98.5 Å². The molecule has 0 heterocycles. The molecule has 8 N–H and O–H groups in total. The number of ketones is 2. The van der Waals surface area contributed by atoms with Gasteiger partial charge in [-0.2, -0.15) is 0 Å². The van der Waals surface area contributed by atoms with Crippen molar-refractivity contribution < 1.29 is 59.2 Å². The largest absolute Gasteiger partial charge is 0.504 e. The lowest BCUT2D eigenvalue weighted by molar-refractivity contribution is -0.205. The van der Waals surface area contributed by atoms with Crippen LogP contribution >= 0.6 is 0 Å². The van der Waals surface area contributed by atoms with Crippen molar-refractivity contribution in [1.82, 2.24) is 0 Å².